The molecular weight excluding hydrogens is 352 g/mol. The smallest absolute Gasteiger partial charge is 0.303 e. The Morgan fingerprint density at radius 2 is 2.07 bits per heavy atom. The normalized spacial score (nSPS) is 39.9. The molecule has 28 heavy (non-hydrogen) atoms. The van der Waals surface area contributed by atoms with Crippen LogP contribution in [-0.4, -0.2) is 33.5 Å². The van der Waals surface area contributed by atoms with Gasteiger partial charge in [-0.25, -0.2) is 0 Å². The second-order valence-electron chi connectivity index (χ2n) is 9.57. The van der Waals surface area contributed by atoms with Crippen molar-refractivity contribution in [1.29, 1.82) is 0 Å². The number of carboxylic acids is 1. The fourth-order valence-electron chi connectivity index (χ4n) is 6.23. The molecule has 3 saturated carbocycles. The molecule has 4 nitrogen and oxygen atoms in total. The zero-order valence-corrected chi connectivity index (χ0v) is 17.4. The minimum absolute atomic E-state index is 0.253. The van der Waals surface area contributed by atoms with E-state index in [1.807, 2.05) is 0 Å². The highest BCUT2D eigenvalue weighted by Gasteiger charge is 2.50. The van der Waals surface area contributed by atoms with E-state index in [1.165, 1.54) is 31.3 Å². The predicted molar refractivity (Wildman–Crippen MR) is 111 cm³/mol. The van der Waals surface area contributed by atoms with Gasteiger partial charge in [-0.2, -0.15) is 0 Å². The molecule has 0 amide bonds. The minimum atomic E-state index is -0.695. The van der Waals surface area contributed by atoms with Gasteiger partial charge in [-0.15, -0.1) is 0 Å². The summed E-state index contributed by atoms with van der Waals surface area (Å²) in [5, 5.41) is 29.1. The standard InChI is InChI=1S/C24H36O4/c1-15(6-11-23(27)28)20-9-10-21-17(5-4-12-24(20,21)3)7-8-18-13-19(25)14-22(26)16(18)2/h7-8,15,19-22,25-26H,2,4-6,9-14H2,1,3H3,(H,27,28)/t15-,19+,20-,21+,22-,24-/m1/s1. The maximum atomic E-state index is 11.0. The Morgan fingerprint density at radius 1 is 1.32 bits per heavy atom. The van der Waals surface area contributed by atoms with Crippen LogP contribution in [0.2, 0.25) is 0 Å². The number of aliphatic hydroxyl groups excluding tert-OH is 2. The number of allylic oxidation sites excluding steroid dienone is 3. The average molecular weight is 389 g/mol. The number of carbonyl (C=O) groups is 1. The number of aliphatic carboxylic acids is 1. The second-order valence-corrected chi connectivity index (χ2v) is 9.57. The lowest BCUT2D eigenvalue weighted by atomic mass is 9.60. The third kappa shape index (κ3) is 4.28. The van der Waals surface area contributed by atoms with Crippen LogP contribution >= 0.6 is 0 Å². The van der Waals surface area contributed by atoms with Crippen molar-refractivity contribution < 1.29 is 20.1 Å². The Morgan fingerprint density at radius 3 is 2.79 bits per heavy atom. The summed E-state index contributed by atoms with van der Waals surface area (Å²) in [6.45, 7) is 8.67. The first kappa shape index (κ1) is 21.3. The van der Waals surface area contributed by atoms with E-state index in [0.717, 1.165) is 24.0 Å². The largest absolute Gasteiger partial charge is 0.481 e. The Kier molecular flexibility index (Phi) is 6.51. The molecule has 0 aromatic heterocycles. The molecule has 4 heteroatoms. The lowest BCUT2D eigenvalue weighted by molar-refractivity contribution is -0.137. The van der Waals surface area contributed by atoms with Gasteiger partial charge in [0.05, 0.1) is 12.2 Å². The van der Waals surface area contributed by atoms with Crippen LogP contribution in [0.15, 0.2) is 35.5 Å². The summed E-state index contributed by atoms with van der Waals surface area (Å²) in [6, 6.07) is 0. The number of carboxylic acid groups (broad SMARTS) is 1. The summed E-state index contributed by atoms with van der Waals surface area (Å²) in [6.07, 6.45) is 11.0. The third-order valence-electron chi connectivity index (χ3n) is 7.80. The molecule has 3 aliphatic carbocycles. The summed E-state index contributed by atoms with van der Waals surface area (Å²) in [5.41, 5.74) is 3.45. The van der Waals surface area contributed by atoms with Crippen molar-refractivity contribution >= 4 is 5.97 Å². The van der Waals surface area contributed by atoms with Crippen molar-refractivity contribution in [2.24, 2.45) is 23.2 Å². The third-order valence-corrected chi connectivity index (χ3v) is 7.80. The van der Waals surface area contributed by atoms with E-state index >= 15 is 0 Å². The highest BCUT2D eigenvalue weighted by atomic mass is 16.4. The van der Waals surface area contributed by atoms with Gasteiger partial charge < -0.3 is 15.3 Å². The lowest BCUT2D eigenvalue weighted by Crippen LogP contribution is -2.36. The van der Waals surface area contributed by atoms with Crippen molar-refractivity contribution in [1.82, 2.24) is 0 Å². The molecule has 0 aromatic rings. The molecule has 0 saturated heterocycles. The summed E-state index contributed by atoms with van der Waals surface area (Å²) in [5.74, 6) is 0.885. The van der Waals surface area contributed by atoms with Crippen LogP contribution in [0.5, 0.6) is 0 Å². The number of aliphatic hydroxyl groups is 2. The molecule has 0 radical (unpaired) electrons. The monoisotopic (exact) mass is 388 g/mol. The summed E-state index contributed by atoms with van der Waals surface area (Å²) in [4.78, 5) is 11.0. The first-order chi connectivity index (χ1) is 13.2. The van der Waals surface area contributed by atoms with Gasteiger partial charge in [0.25, 0.3) is 0 Å². The predicted octanol–water partition coefficient (Wildman–Crippen LogP) is 4.63. The highest BCUT2D eigenvalue weighted by Crippen LogP contribution is 2.59. The Balaban J connectivity index is 1.76. The molecule has 0 unspecified atom stereocenters. The van der Waals surface area contributed by atoms with Gasteiger partial charge in [0, 0.05) is 12.8 Å². The fourth-order valence-corrected chi connectivity index (χ4v) is 6.23. The minimum Gasteiger partial charge on any atom is -0.481 e. The maximum Gasteiger partial charge on any atom is 0.303 e. The van der Waals surface area contributed by atoms with Gasteiger partial charge in [-0.1, -0.05) is 38.2 Å². The van der Waals surface area contributed by atoms with Gasteiger partial charge in [-0.3, -0.25) is 4.79 Å². The second kappa shape index (κ2) is 8.54. The van der Waals surface area contributed by atoms with E-state index in [9.17, 15) is 15.0 Å². The van der Waals surface area contributed by atoms with Crippen LogP contribution in [0.3, 0.4) is 0 Å². The van der Waals surface area contributed by atoms with Gasteiger partial charge in [0.15, 0.2) is 0 Å². The summed E-state index contributed by atoms with van der Waals surface area (Å²) in [7, 11) is 0. The molecule has 0 spiro atoms. The van der Waals surface area contributed by atoms with Crippen molar-refractivity contribution in [2.45, 2.75) is 83.8 Å². The molecule has 0 aromatic carbocycles. The fraction of sp³-hybridized carbons (Fsp3) is 0.708. The quantitative estimate of drug-likeness (QED) is 0.642. The van der Waals surface area contributed by atoms with Gasteiger partial charge in [0.1, 0.15) is 0 Å². The van der Waals surface area contributed by atoms with Crippen molar-refractivity contribution in [2.75, 3.05) is 0 Å². The molecule has 3 fully saturated rings. The van der Waals surface area contributed by atoms with E-state index in [1.54, 1.807) is 0 Å². The van der Waals surface area contributed by atoms with Gasteiger partial charge >= 0.3 is 5.97 Å². The first-order valence-electron chi connectivity index (χ1n) is 10.9. The zero-order chi connectivity index (χ0) is 20.5. The molecular formula is C24H36O4. The van der Waals surface area contributed by atoms with Crippen molar-refractivity contribution in [3.8, 4) is 0 Å². The molecule has 3 N–H and O–H groups in total. The molecule has 3 aliphatic rings. The lowest BCUT2D eigenvalue weighted by Gasteiger charge is -2.44. The summed E-state index contributed by atoms with van der Waals surface area (Å²) < 4.78 is 0. The molecule has 0 heterocycles. The molecule has 0 aliphatic heterocycles. The maximum absolute atomic E-state index is 11.0. The Labute approximate surface area is 169 Å². The van der Waals surface area contributed by atoms with Crippen molar-refractivity contribution in [3.05, 3.63) is 35.5 Å². The van der Waals surface area contributed by atoms with E-state index < -0.39 is 18.2 Å². The number of fused-ring (bicyclic) bond motifs is 1. The van der Waals surface area contributed by atoms with Crippen LogP contribution < -0.4 is 0 Å². The number of rotatable bonds is 5. The van der Waals surface area contributed by atoms with Crippen LogP contribution in [0.25, 0.3) is 0 Å². The van der Waals surface area contributed by atoms with Crippen LogP contribution in [0.1, 0.15) is 71.6 Å². The average Bonchev–Trinajstić information content (AvgIpc) is 2.99. The van der Waals surface area contributed by atoms with Crippen LogP contribution in [0, 0.1) is 23.2 Å². The molecule has 3 rings (SSSR count). The Bertz CT molecular complexity index is 676. The van der Waals surface area contributed by atoms with Crippen molar-refractivity contribution in [3.63, 3.8) is 0 Å². The van der Waals surface area contributed by atoms with Gasteiger partial charge in [0.2, 0.25) is 0 Å². The molecule has 6 atom stereocenters. The number of hydrogen-bond acceptors (Lipinski definition) is 3. The first-order valence-corrected chi connectivity index (χ1v) is 10.9. The van der Waals surface area contributed by atoms with E-state index in [4.69, 9.17) is 5.11 Å². The summed E-state index contributed by atoms with van der Waals surface area (Å²) >= 11 is 0. The van der Waals surface area contributed by atoms with Gasteiger partial charge in [-0.05, 0) is 79.3 Å². The van der Waals surface area contributed by atoms with E-state index in [-0.39, 0.29) is 11.8 Å². The molecule has 156 valence electrons. The Hall–Kier alpha value is -1.39. The highest BCUT2D eigenvalue weighted by molar-refractivity contribution is 5.66. The van der Waals surface area contributed by atoms with Crippen LogP contribution in [-0.2, 0) is 4.79 Å². The zero-order valence-electron chi connectivity index (χ0n) is 17.4. The SMILES string of the molecule is C=C1C(=CC=C2CCC[C@]3(C)[C@@H]([C@H](C)CCC(=O)O)CC[C@@H]23)C[C@H](O)C[C@H]1O. The van der Waals surface area contributed by atoms with E-state index in [2.05, 4.69) is 32.6 Å². The molecule has 0 bridgehead atoms. The van der Waals surface area contributed by atoms with Crippen LogP contribution in [0.4, 0.5) is 0 Å². The number of hydrogen-bond donors (Lipinski definition) is 3. The van der Waals surface area contributed by atoms with E-state index in [0.29, 0.717) is 30.6 Å². The topological polar surface area (TPSA) is 77.8 Å².